The van der Waals surface area contributed by atoms with E-state index < -0.39 is 0 Å². The highest BCUT2D eigenvalue weighted by Crippen LogP contribution is 2.28. The van der Waals surface area contributed by atoms with Gasteiger partial charge in [0, 0.05) is 40.5 Å². The van der Waals surface area contributed by atoms with Crippen molar-refractivity contribution in [2.24, 2.45) is 0 Å². The first-order valence-corrected chi connectivity index (χ1v) is 8.51. The Morgan fingerprint density at radius 1 is 1.30 bits per heavy atom. The van der Waals surface area contributed by atoms with Crippen molar-refractivity contribution in [3.8, 4) is 0 Å². The van der Waals surface area contributed by atoms with Gasteiger partial charge in [0.05, 0.1) is 5.01 Å². The highest BCUT2D eigenvalue weighted by Gasteiger charge is 2.19. The van der Waals surface area contributed by atoms with Gasteiger partial charge < -0.3 is 5.32 Å². The van der Waals surface area contributed by atoms with Gasteiger partial charge in [0.1, 0.15) is 0 Å². The van der Waals surface area contributed by atoms with Gasteiger partial charge in [-0.2, -0.15) is 0 Å². The molecule has 1 atom stereocenters. The molecule has 1 aromatic heterocycles. The van der Waals surface area contributed by atoms with Gasteiger partial charge in [-0.05, 0) is 32.4 Å². The minimum atomic E-state index is 0.127. The number of hydrogen-bond acceptors (Lipinski definition) is 3. The van der Waals surface area contributed by atoms with E-state index in [4.69, 9.17) is 0 Å². The maximum Gasteiger partial charge on any atom is 0.0931 e. The average Bonchev–Trinajstić information content (AvgIpc) is 2.87. The fourth-order valence-corrected chi connectivity index (χ4v) is 3.40. The number of aromatic nitrogens is 1. The van der Waals surface area contributed by atoms with E-state index in [2.05, 4.69) is 71.3 Å². The molecule has 0 fully saturated rings. The summed E-state index contributed by atoms with van der Waals surface area (Å²) in [4.78, 5) is 4.43. The van der Waals surface area contributed by atoms with Gasteiger partial charge in [0.15, 0.2) is 0 Å². The predicted molar refractivity (Wildman–Crippen MR) is 90.5 cm³/mol. The normalized spacial score (nSPS) is 13.4. The summed E-state index contributed by atoms with van der Waals surface area (Å²) in [5, 5.41) is 6.86. The highest BCUT2D eigenvalue weighted by atomic mass is 79.9. The van der Waals surface area contributed by atoms with E-state index in [9.17, 15) is 0 Å². The number of benzene rings is 1. The van der Waals surface area contributed by atoms with Gasteiger partial charge in [0.25, 0.3) is 0 Å². The maximum atomic E-state index is 4.43. The van der Waals surface area contributed by atoms with E-state index in [-0.39, 0.29) is 5.54 Å². The van der Waals surface area contributed by atoms with Gasteiger partial charge in [-0.3, -0.25) is 0 Å². The van der Waals surface area contributed by atoms with Crippen molar-refractivity contribution in [3.63, 3.8) is 0 Å². The molecular weight excluding hydrogens is 332 g/mol. The predicted octanol–water partition coefficient (Wildman–Crippen LogP) is 4.62. The molecule has 2 rings (SSSR count). The van der Waals surface area contributed by atoms with Crippen molar-refractivity contribution >= 4 is 27.3 Å². The zero-order chi connectivity index (χ0) is 14.6. The molecular formula is C16H21BrN2S. The highest BCUT2D eigenvalue weighted by molar-refractivity contribution is 9.10. The molecule has 0 aliphatic carbocycles. The smallest absolute Gasteiger partial charge is 0.0931 e. The number of halogens is 1. The van der Waals surface area contributed by atoms with E-state index >= 15 is 0 Å². The lowest BCUT2D eigenvalue weighted by molar-refractivity contribution is 0.404. The molecule has 1 heterocycles. The van der Waals surface area contributed by atoms with Crippen LogP contribution in [0.15, 0.2) is 40.3 Å². The molecule has 1 N–H and O–H groups in total. The summed E-state index contributed by atoms with van der Waals surface area (Å²) in [6.07, 6.45) is 2.86. The molecule has 0 spiro atoms. The van der Waals surface area contributed by atoms with Crippen LogP contribution in [0.4, 0.5) is 0 Å². The molecule has 0 bridgehead atoms. The Morgan fingerprint density at radius 2 is 2.05 bits per heavy atom. The van der Waals surface area contributed by atoms with E-state index in [0.29, 0.717) is 5.92 Å². The molecule has 0 radical (unpaired) electrons. The minimum absolute atomic E-state index is 0.127. The molecule has 0 amide bonds. The van der Waals surface area contributed by atoms with Crippen LogP contribution in [0.3, 0.4) is 0 Å². The third kappa shape index (κ3) is 4.69. The van der Waals surface area contributed by atoms with Crippen LogP contribution < -0.4 is 5.32 Å². The SMILES string of the molecule is CC(C)(C)NCC(Cc1nccs1)c1ccccc1Br. The molecule has 1 unspecified atom stereocenters. The Bertz CT molecular complexity index is 532. The van der Waals surface area contributed by atoms with Gasteiger partial charge >= 0.3 is 0 Å². The second-order valence-corrected chi connectivity index (χ2v) is 7.81. The summed E-state index contributed by atoms with van der Waals surface area (Å²) < 4.78 is 1.18. The van der Waals surface area contributed by atoms with Crippen molar-refractivity contribution < 1.29 is 0 Å². The van der Waals surface area contributed by atoms with E-state index in [1.165, 1.54) is 15.0 Å². The maximum absolute atomic E-state index is 4.43. The summed E-state index contributed by atoms with van der Waals surface area (Å²) in [5.74, 6) is 0.427. The Kier molecular flexibility index (Phi) is 5.35. The number of thiazole rings is 1. The average molecular weight is 353 g/mol. The fourth-order valence-electron chi connectivity index (χ4n) is 2.09. The molecule has 2 nitrogen and oxygen atoms in total. The fraction of sp³-hybridized carbons (Fsp3) is 0.438. The molecule has 108 valence electrons. The van der Waals surface area contributed by atoms with Crippen LogP contribution in [0.1, 0.15) is 37.3 Å². The molecule has 4 heteroatoms. The zero-order valence-corrected chi connectivity index (χ0v) is 14.6. The van der Waals surface area contributed by atoms with Crippen molar-refractivity contribution in [1.29, 1.82) is 0 Å². The molecule has 20 heavy (non-hydrogen) atoms. The van der Waals surface area contributed by atoms with E-state index in [1.807, 2.05) is 11.6 Å². The summed E-state index contributed by atoms with van der Waals surface area (Å²) in [6, 6.07) is 8.48. The Labute approximate surface area is 133 Å². The summed E-state index contributed by atoms with van der Waals surface area (Å²) >= 11 is 5.41. The quantitative estimate of drug-likeness (QED) is 0.848. The molecule has 0 saturated carbocycles. The number of rotatable bonds is 5. The molecule has 0 saturated heterocycles. The first kappa shape index (κ1) is 15.7. The standard InChI is InChI=1S/C16H21BrN2S/c1-16(2,3)19-11-12(10-15-18-8-9-20-15)13-6-4-5-7-14(13)17/h4-9,12,19H,10-11H2,1-3H3. The Balaban J connectivity index is 2.17. The lowest BCUT2D eigenvalue weighted by Gasteiger charge is -2.26. The topological polar surface area (TPSA) is 24.9 Å². The molecule has 0 aliphatic rings. The Hall–Kier alpha value is -0.710. The lowest BCUT2D eigenvalue weighted by Crippen LogP contribution is -2.39. The number of hydrogen-bond donors (Lipinski definition) is 1. The van der Waals surface area contributed by atoms with Crippen LogP contribution in [-0.2, 0) is 6.42 Å². The van der Waals surface area contributed by atoms with Gasteiger partial charge in [0.2, 0.25) is 0 Å². The van der Waals surface area contributed by atoms with E-state index in [1.54, 1.807) is 11.3 Å². The third-order valence-corrected chi connectivity index (χ3v) is 4.65. The largest absolute Gasteiger partial charge is 0.311 e. The number of nitrogens with zero attached hydrogens (tertiary/aromatic N) is 1. The summed E-state index contributed by atoms with van der Waals surface area (Å²) in [7, 11) is 0. The lowest BCUT2D eigenvalue weighted by atomic mass is 9.94. The van der Waals surface area contributed by atoms with Crippen LogP contribution in [0, 0.1) is 0 Å². The second kappa shape index (κ2) is 6.83. The van der Waals surface area contributed by atoms with Gasteiger partial charge in [-0.1, -0.05) is 34.1 Å². The molecule has 1 aromatic carbocycles. The van der Waals surface area contributed by atoms with Crippen molar-refractivity contribution in [2.45, 2.75) is 38.6 Å². The van der Waals surface area contributed by atoms with Crippen molar-refractivity contribution in [3.05, 3.63) is 50.9 Å². The van der Waals surface area contributed by atoms with Crippen LogP contribution in [0.5, 0.6) is 0 Å². The van der Waals surface area contributed by atoms with Crippen LogP contribution in [-0.4, -0.2) is 17.1 Å². The van der Waals surface area contributed by atoms with Crippen LogP contribution >= 0.6 is 27.3 Å². The van der Waals surface area contributed by atoms with Crippen LogP contribution in [0.25, 0.3) is 0 Å². The summed E-state index contributed by atoms with van der Waals surface area (Å²) in [6.45, 7) is 7.56. The Morgan fingerprint density at radius 3 is 2.65 bits per heavy atom. The third-order valence-electron chi connectivity index (χ3n) is 3.13. The second-order valence-electron chi connectivity index (χ2n) is 5.98. The van der Waals surface area contributed by atoms with Crippen LogP contribution in [0.2, 0.25) is 0 Å². The first-order valence-electron chi connectivity index (χ1n) is 6.83. The minimum Gasteiger partial charge on any atom is -0.311 e. The summed E-state index contributed by atoms with van der Waals surface area (Å²) in [5.41, 5.74) is 1.47. The van der Waals surface area contributed by atoms with Crippen molar-refractivity contribution in [2.75, 3.05) is 6.54 Å². The van der Waals surface area contributed by atoms with Crippen molar-refractivity contribution in [1.82, 2.24) is 10.3 Å². The van der Waals surface area contributed by atoms with E-state index in [0.717, 1.165) is 13.0 Å². The number of nitrogens with one attached hydrogen (secondary N) is 1. The molecule has 0 aliphatic heterocycles. The monoisotopic (exact) mass is 352 g/mol. The van der Waals surface area contributed by atoms with Gasteiger partial charge in [-0.15, -0.1) is 11.3 Å². The first-order chi connectivity index (χ1) is 9.46. The zero-order valence-electron chi connectivity index (χ0n) is 12.2. The van der Waals surface area contributed by atoms with Gasteiger partial charge in [-0.25, -0.2) is 4.98 Å². The molecule has 2 aromatic rings.